The summed E-state index contributed by atoms with van der Waals surface area (Å²) < 4.78 is 0. The van der Waals surface area contributed by atoms with Crippen molar-refractivity contribution in [3.8, 4) is 0 Å². The first-order valence-electron chi connectivity index (χ1n) is 5.66. The van der Waals surface area contributed by atoms with Crippen molar-refractivity contribution in [1.82, 2.24) is 9.97 Å². The maximum atomic E-state index is 4.34. The van der Waals surface area contributed by atoms with Crippen LogP contribution >= 0.6 is 0 Å². The molecule has 0 amide bonds. The van der Waals surface area contributed by atoms with Crippen molar-refractivity contribution >= 4 is 0 Å². The molecule has 84 valence electrons. The molecular weight excluding hydrogens is 196 g/mol. The highest BCUT2D eigenvalue weighted by molar-refractivity contribution is 5.41. The molecule has 0 saturated heterocycles. The van der Waals surface area contributed by atoms with Gasteiger partial charge in [0.1, 0.15) is 5.82 Å². The quantitative estimate of drug-likeness (QED) is 0.814. The fourth-order valence-corrected chi connectivity index (χ4v) is 2.53. The summed E-state index contributed by atoms with van der Waals surface area (Å²) in [7, 11) is 0. The standard InChI is InChI=1S/C14H18N2/c1-9-7-10(2)13(11(3)8-9)12(4)14-15-5-6-16-14/h5-8,12H,1-4H3,(H,15,16)/t12-/m0/s1. The molecule has 0 aliphatic carbocycles. The number of aromatic amines is 1. The van der Waals surface area contributed by atoms with Gasteiger partial charge in [0.05, 0.1) is 0 Å². The molecule has 0 saturated carbocycles. The number of hydrogen-bond donors (Lipinski definition) is 1. The fraction of sp³-hybridized carbons (Fsp3) is 0.357. The summed E-state index contributed by atoms with van der Waals surface area (Å²) in [4.78, 5) is 7.53. The van der Waals surface area contributed by atoms with E-state index in [2.05, 4.69) is 49.8 Å². The van der Waals surface area contributed by atoms with Gasteiger partial charge in [0.25, 0.3) is 0 Å². The van der Waals surface area contributed by atoms with Crippen LogP contribution in [0.2, 0.25) is 0 Å². The lowest BCUT2D eigenvalue weighted by atomic mass is 9.90. The highest BCUT2D eigenvalue weighted by atomic mass is 14.9. The molecule has 0 aliphatic heterocycles. The normalized spacial score (nSPS) is 12.8. The van der Waals surface area contributed by atoms with Crippen LogP contribution in [-0.2, 0) is 0 Å². The fourth-order valence-electron chi connectivity index (χ4n) is 2.53. The van der Waals surface area contributed by atoms with Crippen molar-refractivity contribution in [2.45, 2.75) is 33.6 Å². The zero-order valence-corrected chi connectivity index (χ0v) is 10.3. The van der Waals surface area contributed by atoms with Crippen molar-refractivity contribution in [3.05, 3.63) is 52.6 Å². The summed E-state index contributed by atoms with van der Waals surface area (Å²) in [6.07, 6.45) is 3.69. The van der Waals surface area contributed by atoms with Crippen LogP contribution in [0.4, 0.5) is 0 Å². The largest absolute Gasteiger partial charge is 0.348 e. The van der Waals surface area contributed by atoms with Crippen LogP contribution < -0.4 is 0 Å². The number of aryl methyl sites for hydroxylation is 3. The molecule has 0 radical (unpaired) electrons. The van der Waals surface area contributed by atoms with Crippen LogP contribution in [0.25, 0.3) is 0 Å². The predicted molar refractivity (Wildman–Crippen MR) is 66.8 cm³/mol. The number of aromatic nitrogens is 2. The number of nitrogens with one attached hydrogen (secondary N) is 1. The zero-order chi connectivity index (χ0) is 11.7. The lowest BCUT2D eigenvalue weighted by molar-refractivity contribution is 0.823. The summed E-state index contributed by atoms with van der Waals surface area (Å²) >= 11 is 0. The minimum Gasteiger partial charge on any atom is -0.348 e. The molecule has 0 aliphatic rings. The maximum Gasteiger partial charge on any atom is 0.113 e. The van der Waals surface area contributed by atoms with Crippen LogP contribution in [0.3, 0.4) is 0 Å². The first-order valence-corrected chi connectivity index (χ1v) is 5.66. The van der Waals surface area contributed by atoms with E-state index in [0.29, 0.717) is 5.92 Å². The average Bonchev–Trinajstić information content (AvgIpc) is 2.67. The molecule has 0 fully saturated rings. The molecule has 0 spiro atoms. The maximum absolute atomic E-state index is 4.34. The molecule has 1 aromatic carbocycles. The molecule has 2 nitrogen and oxygen atoms in total. The zero-order valence-electron chi connectivity index (χ0n) is 10.3. The number of hydrogen-bond acceptors (Lipinski definition) is 1. The molecule has 0 bridgehead atoms. The Morgan fingerprint density at radius 1 is 1.12 bits per heavy atom. The number of imidazole rings is 1. The molecule has 2 heteroatoms. The third-order valence-corrected chi connectivity index (χ3v) is 3.10. The van der Waals surface area contributed by atoms with E-state index < -0.39 is 0 Å². The summed E-state index contributed by atoms with van der Waals surface area (Å²) in [5, 5.41) is 0. The van der Waals surface area contributed by atoms with Crippen LogP contribution in [0.5, 0.6) is 0 Å². The van der Waals surface area contributed by atoms with E-state index in [-0.39, 0.29) is 0 Å². The smallest absolute Gasteiger partial charge is 0.113 e. The van der Waals surface area contributed by atoms with Gasteiger partial charge < -0.3 is 4.98 Å². The third-order valence-electron chi connectivity index (χ3n) is 3.10. The molecule has 2 aromatic rings. The van der Waals surface area contributed by atoms with E-state index in [1.807, 2.05) is 12.4 Å². The van der Waals surface area contributed by atoms with E-state index in [9.17, 15) is 0 Å². The third kappa shape index (κ3) is 1.87. The van der Waals surface area contributed by atoms with Crippen LogP contribution in [-0.4, -0.2) is 9.97 Å². The van der Waals surface area contributed by atoms with Crippen molar-refractivity contribution in [1.29, 1.82) is 0 Å². The highest BCUT2D eigenvalue weighted by Gasteiger charge is 2.15. The van der Waals surface area contributed by atoms with Gasteiger partial charge >= 0.3 is 0 Å². The average molecular weight is 214 g/mol. The van der Waals surface area contributed by atoms with E-state index in [1.54, 1.807) is 0 Å². The molecule has 1 aromatic heterocycles. The Morgan fingerprint density at radius 2 is 1.75 bits per heavy atom. The molecule has 1 heterocycles. The Labute approximate surface area is 96.7 Å². The molecular formula is C14H18N2. The summed E-state index contributed by atoms with van der Waals surface area (Å²) in [6.45, 7) is 8.69. The summed E-state index contributed by atoms with van der Waals surface area (Å²) in [5.74, 6) is 1.37. The topological polar surface area (TPSA) is 28.7 Å². The Hall–Kier alpha value is -1.57. The Bertz CT molecular complexity index is 460. The summed E-state index contributed by atoms with van der Waals surface area (Å²) in [6, 6.07) is 4.48. The Kier molecular flexibility index (Phi) is 2.82. The van der Waals surface area contributed by atoms with Gasteiger partial charge in [-0.2, -0.15) is 0 Å². The lowest BCUT2D eigenvalue weighted by Gasteiger charge is -2.16. The lowest BCUT2D eigenvalue weighted by Crippen LogP contribution is -2.04. The molecule has 1 atom stereocenters. The minimum atomic E-state index is 0.329. The van der Waals surface area contributed by atoms with Gasteiger partial charge in [-0.25, -0.2) is 4.98 Å². The van der Waals surface area contributed by atoms with Gasteiger partial charge in [-0.3, -0.25) is 0 Å². The van der Waals surface area contributed by atoms with Gasteiger partial charge in [0.15, 0.2) is 0 Å². The highest BCUT2D eigenvalue weighted by Crippen LogP contribution is 2.28. The summed E-state index contributed by atoms with van der Waals surface area (Å²) in [5.41, 5.74) is 5.41. The number of nitrogens with zero attached hydrogens (tertiary/aromatic N) is 1. The van der Waals surface area contributed by atoms with Gasteiger partial charge in [-0.05, 0) is 37.5 Å². The van der Waals surface area contributed by atoms with Crippen molar-refractivity contribution < 1.29 is 0 Å². The monoisotopic (exact) mass is 214 g/mol. The van der Waals surface area contributed by atoms with Gasteiger partial charge in [0, 0.05) is 18.3 Å². The predicted octanol–water partition coefficient (Wildman–Crippen LogP) is 3.49. The van der Waals surface area contributed by atoms with Gasteiger partial charge in [0.2, 0.25) is 0 Å². The molecule has 16 heavy (non-hydrogen) atoms. The molecule has 0 unspecified atom stereocenters. The molecule has 2 rings (SSSR count). The van der Waals surface area contributed by atoms with Crippen molar-refractivity contribution in [2.24, 2.45) is 0 Å². The number of H-pyrrole nitrogens is 1. The second-order valence-corrected chi connectivity index (χ2v) is 4.51. The van der Waals surface area contributed by atoms with E-state index >= 15 is 0 Å². The molecule has 1 N–H and O–H groups in total. The number of rotatable bonds is 2. The van der Waals surface area contributed by atoms with Crippen LogP contribution in [0, 0.1) is 20.8 Å². The SMILES string of the molecule is Cc1cc(C)c([C@H](C)c2ncc[nH]2)c(C)c1. The van der Waals surface area contributed by atoms with Crippen LogP contribution in [0.15, 0.2) is 24.5 Å². The van der Waals surface area contributed by atoms with E-state index in [0.717, 1.165) is 5.82 Å². The number of benzene rings is 1. The Morgan fingerprint density at radius 3 is 2.25 bits per heavy atom. The second-order valence-electron chi connectivity index (χ2n) is 4.51. The minimum absolute atomic E-state index is 0.329. The van der Waals surface area contributed by atoms with Crippen molar-refractivity contribution in [2.75, 3.05) is 0 Å². The van der Waals surface area contributed by atoms with Gasteiger partial charge in [-0.15, -0.1) is 0 Å². The first kappa shape index (κ1) is 10.9. The van der Waals surface area contributed by atoms with Crippen LogP contribution in [0.1, 0.15) is 40.9 Å². The van der Waals surface area contributed by atoms with Crippen molar-refractivity contribution in [3.63, 3.8) is 0 Å². The van der Waals surface area contributed by atoms with Gasteiger partial charge in [-0.1, -0.05) is 24.6 Å². The Balaban J connectivity index is 2.48. The van der Waals surface area contributed by atoms with E-state index in [1.165, 1.54) is 22.3 Å². The first-order chi connectivity index (χ1) is 7.59. The van der Waals surface area contributed by atoms with E-state index in [4.69, 9.17) is 0 Å². The second kappa shape index (κ2) is 4.12.